The Morgan fingerprint density at radius 2 is 2.32 bits per heavy atom. The number of nitrogens with one attached hydrogen (secondary N) is 1. The Kier molecular flexibility index (Phi) is 4.01. The molecule has 1 aromatic heterocycles. The van der Waals surface area contributed by atoms with Crippen LogP contribution in [0.1, 0.15) is 16.2 Å². The second kappa shape index (κ2) is 5.71. The first-order valence-corrected chi connectivity index (χ1v) is 6.05. The van der Waals surface area contributed by atoms with Crippen molar-refractivity contribution < 1.29 is 9.90 Å². The summed E-state index contributed by atoms with van der Waals surface area (Å²) in [6.07, 6.45) is 2.33. The van der Waals surface area contributed by atoms with Gasteiger partial charge in [0.25, 0.3) is 0 Å². The lowest BCUT2D eigenvalue weighted by atomic mass is 10.2. The zero-order valence-electron chi connectivity index (χ0n) is 10.3. The van der Waals surface area contributed by atoms with Gasteiger partial charge in [0.1, 0.15) is 6.33 Å². The number of nitrogens with zero attached hydrogens (tertiary/aromatic N) is 3. The van der Waals surface area contributed by atoms with Crippen molar-refractivity contribution in [2.45, 2.75) is 6.42 Å². The zero-order chi connectivity index (χ0) is 13.8. The summed E-state index contributed by atoms with van der Waals surface area (Å²) in [4.78, 5) is 14.9. The van der Waals surface area contributed by atoms with Crippen molar-refractivity contribution in [3.8, 4) is 0 Å². The van der Waals surface area contributed by atoms with Gasteiger partial charge in [-0.2, -0.15) is 5.10 Å². The molecule has 1 aromatic carbocycles. The summed E-state index contributed by atoms with van der Waals surface area (Å²) in [6, 6.07) is 4.75. The fraction of sp³-hybridized carbons (Fsp3) is 0.250. The Morgan fingerprint density at radius 1 is 1.53 bits per heavy atom. The molecule has 7 heteroatoms. The number of aromatic carboxylic acids is 1. The average Bonchev–Trinajstić information content (AvgIpc) is 2.75. The largest absolute Gasteiger partial charge is 0.478 e. The Labute approximate surface area is 115 Å². The molecule has 19 heavy (non-hydrogen) atoms. The van der Waals surface area contributed by atoms with Gasteiger partial charge in [0, 0.05) is 25.7 Å². The van der Waals surface area contributed by atoms with Gasteiger partial charge in [-0.05, 0) is 18.2 Å². The number of benzene rings is 1. The first-order chi connectivity index (χ1) is 9.06. The smallest absolute Gasteiger partial charge is 0.337 e. The van der Waals surface area contributed by atoms with E-state index in [-0.39, 0.29) is 10.6 Å². The maximum atomic E-state index is 10.8. The van der Waals surface area contributed by atoms with E-state index in [1.54, 1.807) is 23.1 Å². The first-order valence-electron chi connectivity index (χ1n) is 5.67. The maximum absolute atomic E-state index is 10.8. The molecule has 2 rings (SSSR count). The second-order valence-electron chi connectivity index (χ2n) is 4.01. The lowest BCUT2D eigenvalue weighted by Crippen LogP contribution is -2.07. The monoisotopic (exact) mass is 280 g/mol. The number of aryl methyl sites for hydroxylation is 1. The molecule has 0 bridgehead atoms. The topological polar surface area (TPSA) is 80.0 Å². The molecule has 0 fully saturated rings. The highest BCUT2D eigenvalue weighted by Gasteiger charge is 2.08. The summed E-state index contributed by atoms with van der Waals surface area (Å²) < 4.78 is 1.65. The van der Waals surface area contributed by atoms with Gasteiger partial charge in [0.15, 0.2) is 5.82 Å². The molecule has 0 aliphatic heterocycles. The third-order valence-corrected chi connectivity index (χ3v) is 2.84. The van der Waals surface area contributed by atoms with Crippen molar-refractivity contribution in [2.75, 3.05) is 11.9 Å². The average molecular weight is 281 g/mol. The van der Waals surface area contributed by atoms with Crippen molar-refractivity contribution in [3.63, 3.8) is 0 Å². The number of rotatable bonds is 5. The molecule has 0 saturated heterocycles. The molecular weight excluding hydrogens is 268 g/mol. The lowest BCUT2D eigenvalue weighted by molar-refractivity contribution is 0.0697. The van der Waals surface area contributed by atoms with Gasteiger partial charge in [-0.15, -0.1) is 0 Å². The van der Waals surface area contributed by atoms with Crippen LogP contribution in [-0.2, 0) is 13.5 Å². The van der Waals surface area contributed by atoms with Gasteiger partial charge >= 0.3 is 5.97 Å². The molecule has 100 valence electrons. The second-order valence-corrected chi connectivity index (χ2v) is 4.42. The van der Waals surface area contributed by atoms with Crippen LogP contribution in [0.15, 0.2) is 24.5 Å². The van der Waals surface area contributed by atoms with Gasteiger partial charge in [0.05, 0.1) is 10.6 Å². The predicted molar refractivity (Wildman–Crippen MR) is 71.6 cm³/mol. The lowest BCUT2D eigenvalue weighted by Gasteiger charge is -2.06. The van der Waals surface area contributed by atoms with E-state index in [4.69, 9.17) is 16.7 Å². The van der Waals surface area contributed by atoms with Crippen molar-refractivity contribution in [3.05, 3.63) is 40.9 Å². The minimum absolute atomic E-state index is 0.0959. The number of halogens is 1. The predicted octanol–water partition coefficient (Wildman–Crippen LogP) is 1.82. The van der Waals surface area contributed by atoms with E-state index >= 15 is 0 Å². The van der Waals surface area contributed by atoms with E-state index in [9.17, 15) is 4.79 Å². The van der Waals surface area contributed by atoms with E-state index in [2.05, 4.69) is 15.4 Å². The van der Waals surface area contributed by atoms with Gasteiger partial charge in [-0.25, -0.2) is 9.78 Å². The van der Waals surface area contributed by atoms with Crippen LogP contribution in [0, 0.1) is 0 Å². The van der Waals surface area contributed by atoms with Crippen LogP contribution in [-0.4, -0.2) is 32.4 Å². The molecule has 0 saturated carbocycles. The third-order valence-electron chi connectivity index (χ3n) is 2.52. The molecule has 0 unspecified atom stereocenters. The molecule has 6 nitrogen and oxygen atoms in total. The molecule has 2 aromatic rings. The van der Waals surface area contributed by atoms with E-state index in [0.717, 1.165) is 11.5 Å². The van der Waals surface area contributed by atoms with Crippen molar-refractivity contribution in [2.24, 2.45) is 7.05 Å². The van der Waals surface area contributed by atoms with Crippen LogP contribution in [0.3, 0.4) is 0 Å². The summed E-state index contributed by atoms with van der Waals surface area (Å²) >= 11 is 5.87. The first kappa shape index (κ1) is 13.4. The van der Waals surface area contributed by atoms with Crippen LogP contribution >= 0.6 is 11.6 Å². The van der Waals surface area contributed by atoms with Crippen LogP contribution < -0.4 is 5.32 Å². The molecule has 0 spiro atoms. The molecule has 0 radical (unpaired) electrons. The van der Waals surface area contributed by atoms with Crippen LogP contribution in [0.25, 0.3) is 0 Å². The van der Waals surface area contributed by atoms with Crippen molar-refractivity contribution in [1.82, 2.24) is 14.8 Å². The highest BCUT2D eigenvalue weighted by molar-refractivity contribution is 6.33. The Morgan fingerprint density at radius 3 is 2.89 bits per heavy atom. The number of anilines is 1. The summed E-state index contributed by atoms with van der Waals surface area (Å²) in [5, 5.41) is 16.4. The zero-order valence-corrected chi connectivity index (χ0v) is 11.1. The number of carboxylic acid groups (broad SMARTS) is 1. The molecule has 0 aliphatic carbocycles. The van der Waals surface area contributed by atoms with E-state index in [1.807, 2.05) is 7.05 Å². The maximum Gasteiger partial charge on any atom is 0.337 e. The minimum Gasteiger partial charge on any atom is -0.478 e. The third kappa shape index (κ3) is 3.45. The summed E-state index contributed by atoms with van der Waals surface area (Å²) in [7, 11) is 1.81. The van der Waals surface area contributed by atoms with Crippen LogP contribution in [0.2, 0.25) is 5.02 Å². The quantitative estimate of drug-likeness (QED) is 0.873. The number of carbonyl (C=O) groups is 1. The Bertz CT molecular complexity index is 597. The SMILES string of the molecule is Cn1cnc(CCNc2ccc(C(=O)O)c(Cl)c2)n1. The minimum atomic E-state index is -1.03. The van der Waals surface area contributed by atoms with Gasteiger partial charge in [-0.1, -0.05) is 11.6 Å². The summed E-state index contributed by atoms with van der Waals surface area (Å²) in [6.45, 7) is 0.646. The highest BCUT2D eigenvalue weighted by Crippen LogP contribution is 2.20. The van der Waals surface area contributed by atoms with Gasteiger partial charge in [0.2, 0.25) is 0 Å². The van der Waals surface area contributed by atoms with Gasteiger partial charge < -0.3 is 10.4 Å². The highest BCUT2D eigenvalue weighted by atomic mass is 35.5. The number of carboxylic acids is 1. The molecule has 0 atom stereocenters. The molecule has 1 heterocycles. The molecule has 0 aliphatic rings. The summed E-state index contributed by atoms with van der Waals surface area (Å²) in [5.41, 5.74) is 0.865. The van der Waals surface area contributed by atoms with Crippen LogP contribution in [0.4, 0.5) is 5.69 Å². The normalized spacial score (nSPS) is 10.4. The standard InChI is InChI=1S/C12H13ClN4O2/c1-17-7-15-11(16-17)4-5-14-8-2-3-9(12(18)19)10(13)6-8/h2-3,6-7,14H,4-5H2,1H3,(H,18,19). The number of aromatic nitrogens is 3. The van der Waals surface area contributed by atoms with Crippen LogP contribution in [0.5, 0.6) is 0 Å². The summed E-state index contributed by atoms with van der Waals surface area (Å²) in [5.74, 6) is -0.280. The molecule has 0 amide bonds. The fourth-order valence-corrected chi connectivity index (χ4v) is 1.88. The Balaban J connectivity index is 1.93. The number of hydrogen-bond donors (Lipinski definition) is 2. The molecule has 2 N–H and O–H groups in total. The van der Waals surface area contributed by atoms with Gasteiger partial charge in [-0.3, -0.25) is 4.68 Å². The Hall–Kier alpha value is -2.08. The van der Waals surface area contributed by atoms with E-state index in [0.29, 0.717) is 13.0 Å². The van der Waals surface area contributed by atoms with E-state index in [1.165, 1.54) is 6.07 Å². The van der Waals surface area contributed by atoms with E-state index < -0.39 is 5.97 Å². The molecular formula is C12H13ClN4O2. The fourth-order valence-electron chi connectivity index (χ4n) is 1.62. The van der Waals surface area contributed by atoms with Crippen molar-refractivity contribution >= 4 is 23.3 Å². The van der Waals surface area contributed by atoms with Crippen molar-refractivity contribution in [1.29, 1.82) is 0 Å². The number of hydrogen-bond acceptors (Lipinski definition) is 4.